The first-order chi connectivity index (χ1) is 7.16. The van der Waals surface area contributed by atoms with Crippen LogP contribution in [-0.4, -0.2) is 10.1 Å². The van der Waals surface area contributed by atoms with E-state index in [0.717, 1.165) is 11.1 Å². The van der Waals surface area contributed by atoms with E-state index in [1.165, 1.54) is 6.07 Å². The second-order valence-electron chi connectivity index (χ2n) is 3.02. The topological polar surface area (TPSA) is 33.1 Å². The minimum atomic E-state index is -0.484. The van der Waals surface area contributed by atoms with Crippen molar-refractivity contribution in [2.45, 2.75) is 0 Å². The van der Waals surface area contributed by atoms with Crippen LogP contribution < -0.4 is 0 Å². The fourth-order valence-corrected chi connectivity index (χ4v) is 1.99. The van der Waals surface area contributed by atoms with Gasteiger partial charge in [-0.1, -0.05) is 12.1 Å². The van der Waals surface area contributed by atoms with Crippen LogP contribution in [0.2, 0.25) is 0 Å². The van der Waals surface area contributed by atoms with Gasteiger partial charge in [-0.25, -0.2) is 4.98 Å². The molecule has 0 aliphatic rings. The molecule has 15 heavy (non-hydrogen) atoms. The molecule has 2 aromatic rings. The largest absolute Gasteiger partial charge is 0.508 e. The molecule has 0 fully saturated rings. The number of hydrogen-bond donors (Lipinski definition) is 1. The summed E-state index contributed by atoms with van der Waals surface area (Å²) in [5, 5.41) is 9.14. The van der Waals surface area contributed by atoms with E-state index in [-0.39, 0.29) is 5.75 Å². The molecule has 0 unspecified atom stereocenters. The Kier molecular flexibility index (Phi) is 2.86. The predicted octanol–water partition coefficient (Wildman–Crippen LogP) is 3.20. The minimum Gasteiger partial charge on any atom is -0.508 e. The summed E-state index contributed by atoms with van der Waals surface area (Å²) in [6.07, 6.45) is 0. The molecule has 0 aliphatic carbocycles. The van der Waals surface area contributed by atoms with Crippen molar-refractivity contribution in [3.05, 3.63) is 46.0 Å². The third-order valence-electron chi connectivity index (χ3n) is 1.99. The van der Waals surface area contributed by atoms with Gasteiger partial charge in [-0.2, -0.15) is 4.39 Å². The Morgan fingerprint density at radius 1 is 1.07 bits per heavy atom. The summed E-state index contributed by atoms with van der Waals surface area (Å²) >= 11 is 1.98. The number of benzene rings is 1. The Labute approximate surface area is 99.9 Å². The summed E-state index contributed by atoms with van der Waals surface area (Å²) in [5.74, 6) is -0.272. The van der Waals surface area contributed by atoms with Crippen LogP contribution in [0.4, 0.5) is 4.39 Å². The van der Waals surface area contributed by atoms with Crippen LogP contribution in [0.5, 0.6) is 5.75 Å². The van der Waals surface area contributed by atoms with Gasteiger partial charge in [-0.3, -0.25) is 0 Å². The van der Waals surface area contributed by atoms with Crippen LogP contribution in [0.15, 0.2) is 36.4 Å². The number of aromatic nitrogens is 1. The summed E-state index contributed by atoms with van der Waals surface area (Å²) in [6.45, 7) is 0. The quantitative estimate of drug-likeness (QED) is 0.647. The second-order valence-corrected chi connectivity index (χ2v) is 4.04. The fourth-order valence-electron chi connectivity index (χ4n) is 1.27. The summed E-state index contributed by atoms with van der Waals surface area (Å²) in [7, 11) is 0. The zero-order valence-electron chi connectivity index (χ0n) is 7.61. The Hall–Kier alpha value is -1.17. The van der Waals surface area contributed by atoms with Gasteiger partial charge in [0.15, 0.2) is 0 Å². The summed E-state index contributed by atoms with van der Waals surface area (Å²) in [4.78, 5) is 3.73. The Morgan fingerprint density at radius 2 is 1.73 bits per heavy atom. The highest BCUT2D eigenvalue weighted by molar-refractivity contribution is 14.1. The lowest BCUT2D eigenvalue weighted by molar-refractivity contribution is 0.475. The summed E-state index contributed by atoms with van der Waals surface area (Å²) in [6, 6.07) is 9.73. The van der Waals surface area contributed by atoms with Crippen LogP contribution in [0, 0.1) is 9.65 Å². The van der Waals surface area contributed by atoms with E-state index in [1.807, 2.05) is 22.6 Å². The lowest BCUT2D eigenvalue weighted by Crippen LogP contribution is -1.90. The molecule has 1 aromatic heterocycles. The molecular formula is C11H7FINO. The fraction of sp³-hybridized carbons (Fsp3) is 0. The molecule has 0 bridgehead atoms. The van der Waals surface area contributed by atoms with E-state index in [4.69, 9.17) is 5.11 Å². The molecule has 1 aromatic carbocycles. The molecular weight excluding hydrogens is 308 g/mol. The smallest absolute Gasteiger partial charge is 0.213 e. The standard InChI is InChI=1S/C11H7FINO/c12-10-6-5-9(11(13)14-10)7-1-3-8(15)4-2-7/h1-6,15H. The van der Waals surface area contributed by atoms with Gasteiger partial charge in [-0.15, -0.1) is 0 Å². The normalized spacial score (nSPS) is 10.3. The first-order valence-corrected chi connectivity index (χ1v) is 5.36. The average molecular weight is 315 g/mol. The maximum absolute atomic E-state index is 12.8. The van der Waals surface area contributed by atoms with Crippen molar-refractivity contribution in [3.63, 3.8) is 0 Å². The molecule has 0 amide bonds. The third kappa shape index (κ3) is 2.26. The first-order valence-electron chi connectivity index (χ1n) is 4.28. The third-order valence-corrected chi connectivity index (χ3v) is 2.82. The molecule has 0 atom stereocenters. The van der Waals surface area contributed by atoms with Gasteiger partial charge >= 0.3 is 0 Å². The molecule has 0 spiro atoms. The number of aromatic hydroxyl groups is 1. The number of halogens is 2. The van der Waals surface area contributed by atoms with Crippen molar-refractivity contribution >= 4 is 22.6 Å². The molecule has 4 heteroatoms. The summed E-state index contributed by atoms with van der Waals surface area (Å²) in [5.41, 5.74) is 1.77. The molecule has 2 nitrogen and oxygen atoms in total. The molecule has 2 rings (SSSR count). The van der Waals surface area contributed by atoms with E-state index in [0.29, 0.717) is 3.70 Å². The Morgan fingerprint density at radius 3 is 2.33 bits per heavy atom. The number of phenols is 1. The number of pyridine rings is 1. The molecule has 1 heterocycles. The van der Waals surface area contributed by atoms with Gasteiger partial charge in [0.25, 0.3) is 0 Å². The van der Waals surface area contributed by atoms with Crippen molar-refractivity contribution in [2.24, 2.45) is 0 Å². The van der Waals surface area contributed by atoms with Crippen LogP contribution in [-0.2, 0) is 0 Å². The van der Waals surface area contributed by atoms with Gasteiger partial charge in [0.1, 0.15) is 9.45 Å². The van der Waals surface area contributed by atoms with E-state index in [2.05, 4.69) is 4.98 Å². The second kappa shape index (κ2) is 4.14. The SMILES string of the molecule is Oc1ccc(-c2ccc(F)nc2I)cc1. The van der Waals surface area contributed by atoms with E-state index in [1.54, 1.807) is 30.3 Å². The predicted molar refractivity (Wildman–Crippen MR) is 64.0 cm³/mol. The van der Waals surface area contributed by atoms with Crippen LogP contribution in [0.3, 0.4) is 0 Å². The van der Waals surface area contributed by atoms with Gasteiger partial charge < -0.3 is 5.11 Å². The zero-order valence-corrected chi connectivity index (χ0v) is 9.77. The van der Waals surface area contributed by atoms with Crippen molar-refractivity contribution in [2.75, 3.05) is 0 Å². The highest BCUT2D eigenvalue weighted by atomic mass is 127. The molecule has 0 saturated heterocycles. The molecule has 76 valence electrons. The Bertz CT molecular complexity index is 484. The number of nitrogens with zero attached hydrogens (tertiary/aromatic N) is 1. The van der Waals surface area contributed by atoms with Crippen molar-refractivity contribution < 1.29 is 9.50 Å². The highest BCUT2D eigenvalue weighted by Gasteiger charge is 2.05. The Balaban J connectivity index is 2.49. The van der Waals surface area contributed by atoms with Crippen LogP contribution >= 0.6 is 22.6 Å². The molecule has 0 radical (unpaired) electrons. The van der Waals surface area contributed by atoms with Crippen molar-refractivity contribution in [1.29, 1.82) is 0 Å². The highest BCUT2D eigenvalue weighted by Crippen LogP contribution is 2.25. The van der Waals surface area contributed by atoms with Crippen LogP contribution in [0.25, 0.3) is 11.1 Å². The molecule has 0 aliphatic heterocycles. The van der Waals surface area contributed by atoms with Crippen LogP contribution in [0.1, 0.15) is 0 Å². The monoisotopic (exact) mass is 315 g/mol. The van der Waals surface area contributed by atoms with E-state index >= 15 is 0 Å². The van der Waals surface area contributed by atoms with Gasteiger partial charge in [0, 0.05) is 5.56 Å². The average Bonchev–Trinajstić information content (AvgIpc) is 2.20. The lowest BCUT2D eigenvalue weighted by Gasteiger charge is -2.03. The maximum Gasteiger partial charge on any atom is 0.213 e. The zero-order chi connectivity index (χ0) is 10.8. The number of phenolic OH excluding ortho intramolecular Hbond substituents is 1. The van der Waals surface area contributed by atoms with E-state index in [9.17, 15) is 4.39 Å². The number of rotatable bonds is 1. The maximum atomic E-state index is 12.8. The van der Waals surface area contributed by atoms with Crippen molar-refractivity contribution in [3.8, 4) is 16.9 Å². The molecule has 0 saturated carbocycles. The molecule has 1 N–H and O–H groups in total. The van der Waals surface area contributed by atoms with Gasteiger partial charge in [-0.05, 0) is 52.4 Å². The van der Waals surface area contributed by atoms with Gasteiger partial charge in [0.2, 0.25) is 5.95 Å². The first kappa shape index (κ1) is 10.4. The van der Waals surface area contributed by atoms with E-state index < -0.39 is 5.95 Å². The van der Waals surface area contributed by atoms with Crippen molar-refractivity contribution in [1.82, 2.24) is 4.98 Å². The summed E-state index contributed by atoms with van der Waals surface area (Å²) < 4.78 is 13.4. The number of hydrogen-bond acceptors (Lipinski definition) is 2. The minimum absolute atomic E-state index is 0.212. The van der Waals surface area contributed by atoms with Gasteiger partial charge in [0.05, 0.1) is 0 Å². The lowest BCUT2D eigenvalue weighted by atomic mass is 10.1.